The lowest BCUT2D eigenvalue weighted by Crippen LogP contribution is -2.07. The fourth-order valence-corrected chi connectivity index (χ4v) is 1.50. The maximum absolute atomic E-state index is 12.7. The van der Waals surface area contributed by atoms with Crippen LogP contribution in [0.1, 0.15) is 5.56 Å². The van der Waals surface area contributed by atoms with Crippen molar-refractivity contribution in [3.05, 3.63) is 41.1 Å². The predicted molar refractivity (Wildman–Crippen MR) is 52.0 cm³/mol. The van der Waals surface area contributed by atoms with Crippen LogP contribution in [0.5, 0.6) is 0 Å². The number of nitrogens with zero attached hydrogens (tertiary/aromatic N) is 1. The van der Waals surface area contributed by atoms with Crippen molar-refractivity contribution in [3.63, 3.8) is 0 Å². The van der Waals surface area contributed by atoms with Crippen LogP contribution in [0.4, 0.5) is 13.2 Å². The third-order valence-corrected chi connectivity index (χ3v) is 2.24. The molecule has 2 aromatic rings. The van der Waals surface area contributed by atoms with Crippen molar-refractivity contribution >= 4 is 11.6 Å². The molecule has 1 aromatic heterocycles. The molecule has 0 unspecified atom stereocenters. The number of benzene rings is 1. The number of alkyl halides is 3. The summed E-state index contributed by atoms with van der Waals surface area (Å²) in [6.45, 7) is 0. The topological polar surface area (TPSA) is 26.0 Å². The zero-order valence-corrected chi connectivity index (χ0v) is 8.51. The monoisotopic (exact) mass is 247 g/mol. The van der Waals surface area contributed by atoms with Crippen LogP contribution in [0.25, 0.3) is 11.3 Å². The van der Waals surface area contributed by atoms with Crippen molar-refractivity contribution in [2.24, 2.45) is 0 Å². The van der Waals surface area contributed by atoms with Gasteiger partial charge in [0, 0.05) is 16.7 Å². The molecule has 0 aliphatic carbocycles. The second-order valence-electron chi connectivity index (χ2n) is 3.07. The molecule has 1 heterocycles. The molecule has 0 amide bonds. The first-order chi connectivity index (χ1) is 7.48. The molecule has 0 saturated carbocycles. The van der Waals surface area contributed by atoms with E-state index in [0.29, 0.717) is 0 Å². The van der Waals surface area contributed by atoms with Gasteiger partial charge in [0.05, 0.1) is 5.56 Å². The minimum absolute atomic E-state index is 0.0274. The molecule has 6 heteroatoms. The number of hydrogen-bond donors (Lipinski definition) is 0. The van der Waals surface area contributed by atoms with Crippen molar-refractivity contribution < 1.29 is 17.7 Å². The van der Waals surface area contributed by atoms with E-state index in [2.05, 4.69) is 9.68 Å². The molecule has 0 atom stereocenters. The standard InChI is InChI=1S/C10H5ClF3NO/c11-6-1-2-7(9-3-4-16-15-9)8(5-6)10(12,13)14/h1-5H. The Kier molecular flexibility index (Phi) is 2.63. The highest BCUT2D eigenvalue weighted by Crippen LogP contribution is 2.37. The summed E-state index contributed by atoms with van der Waals surface area (Å²) >= 11 is 5.54. The van der Waals surface area contributed by atoms with E-state index >= 15 is 0 Å². The summed E-state index contributed by atoms with van der Waals surface area (Å²) < 4.78 is 42.6. The van der Waals surface area contributed by atoms with Gasteiger partial charge in [-0.2, -0.15) is 13.2 Å². The minimum Gasteiger partial charge on any atom is -0.364 e. The first-order valence-electron chi connectivity index (χ1n) is 4.26. The lowest BCUT2D eigenvalue weighted by atomic mass is 10.0. The Bertz CT molecular complexity index is 493. The third-order valence-electron chi connectivity index (χ3n) is 2.00. The molecule has 0 spiro atoms. The molecule has 0 bridgehead atoms. The predicted octanol–water partition coefficient (Wildman–Crippen LogP) is 4.01. The largest absolute Gasteiger partial charge is 0.417 e. The maximum Gasteiger partial charge on any atom is 0.417 e. The van der Waals surface area contributed by atoms with Gasteiger partial charge in [0.25, 0.3) is 0 Å². The van der Waals surface area contributed by atoms with Crippen molar-refractivity contribution in [2.45, 2.75) is 6.18 Å². The fourth-order valence-electron chi connectivity index (χ4n) is 1.33. The Morgan fingerprint density at radius 3 is 2.50 bits per heavy atom. The molecule has 0 fully saturated rings. The van der Waals surface area contributed by atoms with Gasteiger partial charge >= 0.3 is 6.18 Å². The fraction of sp³-hybridized carbons (Fsp3) is 0.100. The van der Waals surface area contributed by atoms with Crippen LogP contribution in [0.3, 0.4) is 0 Å². The van der Waals surface area contributed by atoms with Crippen molar-refractivity contribution in [1.82, 2.24) is 5.16 Å². The molecule has 2 nitrogen and oxygen atoms in total. The zero-order valence-electron chi connectivity index (χ0n) is 7.75. The molecule has 0 aliphatic heterocycles. The van der Waals surface area contributed by atoms with Crippen LogP contribution < -0.4 is 0 Å². The molecule has 16 heavy (non-hydrogen) atoms. The molecular formula is C10H5ClF3NO. The van der Waals surface area contributed by atoms with E-state index in [-0.39, 0.29) is 16.3 Å². The molecule has 1 aromatic carbocycles. The second-order valence-corrected chi connectivity index (χ2v) is 3.51. The van der Waals surface area contributed by atoms with Gasteiger partial charge in [0.2, 0.25) is 0 Å². The van der Waals surface area contributed by atoms with Crippen molar-refractivity contribution in [1.29, 1.82) is 0 Å². The number of halogens is 4. The smallest absolute Gasteiger partial charge is 0.364 e. The lowest BCUT2D eigenvalue weighted by molar-refractivity contribution is -0.137. The Labute approximate surface area is 93.6 Å². The highest BCUT2D eigenvalue weighted by atomic mass is 35.5. The van der Waals surface area contributed by atoms with Crippen molar-refractivity contribution in [2.75, 3.05) is 0 Å². The van der Waals surface area contributed by atoms with Gasteiger partial charge in [0.1, 0.15) is 12.0 Å². The van der Waals surface area contributed by atoms with Gasteiger partial charge in [0.15, 0.2) is 0 Å². The van der Waals surface area contributed by atoms with Gasteiger partial charge in [-0.15, -0.1) is 0 Å². The first-order valence-corrected chi connectivity index (χ1v) is 4.64. The van der Waals surface area contributed by atoms with E-state index in [0.717, 1.165) is 6.07 Å². The molecule has 84 valence electrons. The van der Waals surface area contributed by atoms with Crippen LogP contribution in [-0.2, 0) is 6.18 Å². The Hall–Kier alpha value is -1.49. The highest BCUT2D eigenvalue weighted by molar-refractivity contribution is 6.30. The highest BCUT2D eigenvalue weighted by Gasteiger charge is 2.34. The molecule has 2 rings (SSSR count). The summed E-state index contributed by atoms with van der Waals surface area (Å²) in [5.41, 5.74) is -0.747. The molecular weight excluding hydrogens is 243 g/mol. The van der Waals surface area contributed by atoms with E-state index in [1.54, 1.807) is 0 Å². The third kappa shape index (κ3) is 2.04. The summed E-state index contributed by atoms with van der Waals surface area (Å²) in [4.78, 5) is 0. The molecule has 0 saturated heterocycles. The molecule has 0 radical (unpaired) electrons. The van der Waals surface area contributed by atoms with Crippen LogP contribution in [0.15, 0.2) is 35.1 Å². The van der Waals surface area contributed by atoms with Gasteiger partial charge in [-0.3, -0.25) is 0 Å². The van der Waals surface area contributed by atoms with Gasteiger partial charge in [-0.05, 0) is 12.1 Å². The summed E-state index contributed by atoms with van der Waals surface area (Å²) in [6, 6.07) is 4.87. The van der Waals surface area contributed by atoms with Gasteiger partial charge in [-0.1, -0.05) is 22.8 Å². The minimum atomic E-state index is -4.47. The van der Waals surface area contributed by atoms with E-state index in [9.17, 15) is 13.2 Å². The van der Waals surface area contributed by atoms with E-state index in [1.165, 1.54) is 24.5 Å². The Morgan fingerprint density at radius 2 is 1.94 bits per heavy atom. The summed E-state index contributed by atoms with van der Waals surface area (Å²) in [5, 5.41) is 3.50. The van der Waals surface area contributed by atoms with E-state index < -0.39 is 11.7 Å². The van der Waals surface area contributed by atoms with Crippen LogP contribution in [-0.4, -0.2) is 5.16 Å². The van der Waals surface area contributed by atoms with Gasteiger partial charge in [-0.25, -0.2) is 0 Å². The van der Waals surface area contributed by atoms with Crippen LogP contribution in [0.2, 0.25) is 5.02 Å². The number of rotatable bonds is 1. The Balaban J connectivity index is 2.62. The number of hydrogen-bond acceptors (Lipinski definition) is 2. The number of aromatic nitrogens is 1. The molecule has 0 aliphatic rings. The Morgan fingerprint density at radius 1 is 1.19 bits per heavy atom. The van der Waals surface area contributed by atoms with E-state index in [4.69, 9.17) is 11.6 Å². The summed E-state index contributed by atoms with van der Waals surface area (Å²) in [5.74, 6) is 0. The lowest BCUT2D eigenvalue weighted by Gasteiger charge is -2.11. The SMILES string of the molecule is FC(F)(F)c1cc(Cl)ccc1-c1ccon1. The quantitative estimate of drug-likeness (QED) is 0.761. The second kappa shape index (κ2) is 3.83. The first kappa shape index (κ1) is 11.0. The molecule has 0 N–H and O–H groups in total. The van der Waals surface area contributed by atoms with Gasteiger partial charge < -0.3 is 4.52 Å². The zero-order chi connectivity index (χ0) is 11.8. The van der Waals surface area contributed by atoms with Crippen molar-refractivity contribution in [3.8, 4) is 11.3 Å². The van der Waals surface area contributed by atoms with Crippen LogP contribution >= 0.6 is 11.6 Å². The average molecular weight is 248 g/mol. The maximum atomic E-state index is 12.7. The summed E-state index contributed by atoms with van der Waals surface area (Å²) in [7, 11) is 0. The van der Waals surface area contributed by atoms with Crippen LogP contribution in [0, 0.1) is 0 Å². The van der Waals surface area contributed by atoms with E-state index in [1.807, 2.05) is 0 Å². The summed E-state index contributed by atoms with van der Waals surface area (Å²) in [6.07, 6.45) is -3.26. The normalized spacial score (nSPS) is 11.8. The average Bonchev–Trinajstić information content (AvgIpc) is 2.69.